The van der Waals surface area contributed by atoms with E-state index < -0.39 is 0 Å². The molecule has 8 heavy (non-hydrogen) atoms. The molecular formula is C5H3NS2. The van der Waals surface area contributed by atoms with E-state index >= 15 is 0 Å². The second-order valence-electron chi connectivity index (χ2n) is 1.19. The molecule has 0 saturated heterocycles. The second kappa shape index (κ2) is 2.21. The molecular weight excluding hydrogens is 138 g/mol. The van der Waals surface area contributed by atoms with Gasteiger partial charge in [-0.15, -0.1) is 19.1 Å². The van der Waals surface area contributed by atoms with Gasteiger partial charge in [0.1, 0.15) is 5.69 Å². The van der Waals surface area contributed by atoms with E-state index in [9.17, 15) is 0 Å². The summed E-state index contributed by atoms with van der Waals surface area (Å²) < 4.78 is 4.72. The van der Waals surface area contributed by atoms with Gasteiger partial charge in [0.15, 0.2) is 0 Å². The first-order chi connectivity index (χ1) is 3.83. The lowest BCUT2D eigenvalue weighted by atomic mass is 10.5. The normalized spacial score (nSPS) is 8.50. The summed E-state index contributed by atoms with van der Waals surface area (Å²) >= 11 is 5.32. The smallest absolute Gasteiger partial charge is 0.127 e. The molecule has 1 aromatic rings. The fourth-order valence-electron chi connectivity index (χ4n) is 0.334. The van der Waals surface area contributed by atoms with Crippen molar-refractivity contribution in [3.8, 4) is 12.3 Å². The van der Waals surface area contributed by atoms with Crippen molar-refractivity contribution in [3.05, 3.63) is 11.8 Å². The molecule has 40 valence electrons. The van der Waals surface area contributed by atoms with E-state index in [-0.39, 0.29) is 0 Å². The summed E-state index contributed by atoms with van der Waals surface area (Å²) in [5, 5.41) is 0. The van der Waals surface area contributed by atoms with Crippen LogP contribution in [0.2, 0.25) is 0 Å². The van der Waals surface area contributed by atoms with Gasteiger partial charge in [-0.2, -0.15) is 4.37 Å². The maximum atomic E-state index is 5.02. The van der Waals surface area contributed by atoms with E-state index in [1.54, 1.807) is 6.07 Å². The topological polar surface area (TPSA) is 12.9 Å². The predicted octanol–water partition coefficient (Wildman–Crippen LogP) is 1.41. The van der Waals surface area contributed by atoms with E-state index in [4.69, 9.17) is 6.42 Å². The van der Waals surface area contributed by atoms with Gasteiger partial charge in [0.05, 0.1) is 4.21 Å². The van der Waals surface area contributed by atoms with Crippen LogP contribution in [-0.4, -0.2) is 4.37 Å². The van der Waals surface area contributed by atoms with Crippen LogP contribution in [0.1, 0.15) is 5.69 Å². The van der Waals surface area contributed by atoms with E-state index in [0.29, 0.717) is 5.69 Å². The Morgan fingerprint density at radius 1 is 1.88 bits per heavy atom. The van der Waals surface area contributed by atoms with Gasteiger partial charge in [-0.1, -0.05) is 0 Å². The SMILES string of the molecule is C#Cc1cc(S)sn1. The Morgan fingerprint density at radius 2 is 2.62 bits per heavy atom. The molecule has 1 aromatic heterocycles. The summed E-state index contributed by atoms with van der Waals surface area (Å²) in [5.74, 6) is 2.40. The second-order valence-corrected chi connectivity index (χ2v) is 2.78. The summed E-state index contributed by atoms with van der Waals surface area (Å²) in [4.78, 5) is 0. The van der Waals surface area contributed by atoms with Crippen LogP contribution in [0, 0.1) is 12.3 Å². The molecule has 0 amide bonds. The monoisotopic (exact) mass is 141 g/mol. The molecule has 0 aliphatic heterocycles. The Balaban J connectivity index is 3.05. The van der Waals surface area contributed by atoms with E-state index in [2.05, 4.69) is 22.9 Å². The minimum Gasteiger partial charge on any atom is -0.183 e. The molecule has 0 spiro atoms. The third-order valence-electron chi connectivity index (χ3n) is 0.646. The Hall–Kier alpha value is -0.460. The number of aromatic nitrogens is 1. The van der Waals surface area contributed by atoms with Crippen LogP contribution in [0.4, 0.5) is 0 Å². The molecule has 1 nitrogen and oxygen atoms in total. The lowest BCUT2D eigenvalue weighted by Crippen LogP contribution is -1.63. The van der Waals surface area contributed by atoms with Crippen molar-refractivity contribution in [1.82, 2.24) is 4.37 Å². The molecule has 1 heterocycles. The van der Waals surface area contributed by atoms with Crippen LogP contribution in [0.3, 0.4) is 0 Å². The van der Waals surface area contributed by atoms with Crippen molar-refractivity contribution in [2.45, 2.75) is 4.21 Å². The van der Waals surface area contributed by atoms with Gasteiger partial charge < -0.3 is 0 Å². The largest absolute Gasteiger partial charge is 0.183 e. The Bertz CT molecular complexity index is 221. The number of rotatable bonds is 0. The maximum absolute atomic E-state index is 5.02. The first kappa shape index (κ1) is 5.67. The Morgan fingerprint density at radius 3 is 2.88 bits per heavy atom. The molecule has 0 fully saturated rings. The molecule has 0 aliphatic rings. The zero-order valence-electron chi connectivity index (χ0n) is 3.96. The average molecular weight is 141 g/mol. The minimum atomic E-state index is 0.667. The lowest BCUT2D eigenvalue weighted by molar-refractivity contribution is 1.49. The van der Waals surface area contributed by atoms with Crippen molar-refractivity contribution in [2.75, 3.05) is 0 Å². The third-order valence-corrected chi connectivity index (χ3v) is 1.61. The van der Waals surface area contributed by atoms with Crippen LogP contribution in [0.5, 0.6) is 0 Å². The summed E-state index contributed by atoms with van der Waals surface area (Å²) in [6.07, 6.45) is 5.02. The number of nitrogens with zero attached hydrogens (tertiary/aromatic N) is 1. The average Bonchev–Trinajstić information content (AvgIpc) is 2.14. The van der Waals surface area contributed by atoms with Crippen LogP contribution in [0.15, 0.2) is 10.3 Å². The summed E-state index contributed by atoms with van der Waals surface area (Å²) in [6, 6.07) is 1.76. The van der Waals surface area contributed by atoms with Crippen molar-refractivity contribution >= 4 is 24.2 Å². The van der Waals surface area contributed by atoms with Gasteiger partial charge >= 0.3 is 0 Å². The van der Waals surface area contributed by atoms with Gasteiger partial charge in [0.2, 0.25) is 0 Å². The Labute approximate surface area is 57.3 Å². The molecule has 0 aliphatic carbocycles. The fourth-order valence-corrected chi connectivity index (χ4v) is 1.04. The van der Waals surface area contributed by atoms with Gasteiger partial charge in [0, 0.05) is 0 Å². The van der Waals surface area contributed by atoms with Gasteiger partial charge in [-0.3, -0.25) is 0 Å². The molecule has 0 bridgehead atoms. The molecule has 0 radical (unpaired) electrons. The summed E-state index contributed by atoms with van der Waals surface area (Å²) in [7, 11) is 0. The number of thiol groups is 1. The standard InChI is InChI=1S/C5H3NS2/c1-2-4-3-5(7)8-6-4/h1,3,7H. The van der Waals surface area contributed by atoms with Gasteiger partial charge in [-0.25, -0.2) is 0 Å². The van der Waals surface area contributed by atoms with E-state index in [1.807, 2.05) is 0 Å². The highest BCUT2D eigenvalue weighted by molar-refractivity contribution is 7.82. The molecule has 0 N–H and O–H groups in total. The summed E-state index contributed by atoms with van der Waals surface area (Å²) in [6.45, 7) is 0. The molecule has 0 aromatic carbocycles. The quantitative estimate of drug-likeness (QED) is 0.426. The highest BCUT2D eigenvalue weighted by Gasteiger charge is 1.90. The lowest BCUT2D eigenvalue weighted by Gasteiger charge is -1.67. The maximum Gasteiger partial charge on any atom is 0.127 e. The van der Waals surface area contributed by atoms with Gasteiger partial charge in [0.25, 0.3) is 0 Å². The molecule has 3 heteroatoms. The molecule has 0 saturated carbocycles. The molecule has 0 unspecified atom stereocenters. The van der Waals surface area contributed by atoms with Crippen LogP contribution >= 0.6 is 24.2 Å². The third kappa shape index (κ3) is 1.03. The molecule has 1 rings (SSSR count). The van der Waals surface area contributed by atoms with E-state index in [0.717, 1.165) is 4.21 Å². The number of terminal acetylenes is 1. The number of hydrogen-bond donors (Lipinski definition) is 1. The Kier molecular flexibility index (Phi) is 1.56. The fraction of sp³-hybridized carbons (Fsp3) is 0. The van der Waals surface area contributed by atoms with Crippen LogP contribution in [-0.2, 0) is 0 Å². The van der Waals surface area contributed by atoms with Crippen LogP contribution < -0.4 is 0 Å². The first-order valence-electron chi connectivity index (χ1n) is 1.95. The van der Waals surface area contributed by atoms with Crippen molar-refractivity contribution < 1.29 is 0 Å². The van der Waals surface area contributed by atoms with Crippen molar-refractivity contribution in [2.24, 2.45) is 0 Å². The minimum absolute atomic E-state index is 0.667. The predicted molar refractivity (Wildman–Crippen MR) is 37.3 cm³/mol. The van der Waals surface area contributed by atoms with Crippen molar-refractivity contribution in [1.29, 1.82) is 0 Å². The zero-order chi connectivity index (χ0) is 5.98. The zero-order valence-corrected chi connectivity index (χ0v) is 5.67. The first-order valence-corrected chi connectivity index (χ1v) is 3.17. The highest BCUT2D eigenvalue weighted by atomic mass is 32.2. The summed E-state index contributed by atoms with van der Waals surface area (Å²) in [5.41, 5.74) is 0.667. The van der Waals surface area contributed by atoms with Crippen LogP contribution in [0.25, 0.3) is 0 Å². The van der Waals surface area contributed by atoms with Gasteiger partial charge in [-0.05, 0) is 23.5 Å². The van der Waals surface area contributed by atoms with E-state index in [1.165, 1.54) is 11.5 Å². The highest BCUT2D eigenvalue weighted by Crippen LogP contribution is 2.12. The van der Waals surface area contributed by atoms with Crippen molar-refractivity contribution in [3.63, 3.8) is 0 Å². The molecule has 0 atom stereocenters. The number of hydrogen-bond acceptors (Lipinski definition) is 3.